The minimum absolute atomic E-state index is 0.0142. The fraction of sp³-hybridized carbons (Fsp3) is 0. The number of nitrogens with zero attached hydrogens (tertiary/aromatic N) is 2. The zero-order valence-corrected chi connectivity index (χ0v) is 7.43. The summed E-state index contributed by atoms with van der Waals surface area (Å²) in [6.45, 7) is 0. The molecule has 6 nitrogen and oxygen atoms in total. The van der Waals surface area contributed by atoms with Gasteiger partial charge in [-0.15, -0.1) is 9.46 Å². The summed E-state index contributed by atoms with van der Waals surface area (Å²) in [5.74, 6) is -0.285. The molecular weight excluding hydrogens is 212 g/mol. The van der Waals surface area contributed by atoms with E-state index in [4.69, 9.17) is 16.8 Å². The molecule has 1 aromatic carbocycles. The van der Waals surface area contributed by atoms with E-state index in [0.717, 1.165) is 6.07 Å². The quantitative estimate of drug-likeness (QED) is 0.564. The molecular formula is C7H5ClN2O4. The third-order valence-electron chi connectivity index (χ3n) is 1.86. The van der Waals surface area contributed by atoms with Crippen molar-refractivity contribution < 1.29 is 15.5 Å². The van der Waals surface area contributed by atoms with Gasteiger partial charge in [0.1, 0.15) is 16.8 Å². The maximum absolute atomic E-state index is 11.0. The van der Waals surface area contributed by atoms with Crippen LogP contribution in [0.2, 0.25) is 5.02 Å². The van der Waals surface area contributed by atoms with Crippen LogP contribution in [-0.4, -0.2) is 25.0 Å². The van der Waals surface area contributed by atoms with Crippen LogP contribution in [0, 0.1) is 0 Å². The minimum atomic E-state index is -1.03. The van der Waals surface area contributed by atoms with Crippen molar-refractivity contribution in [2.24, 2.45) is 0 Å². The molecule has 14 heavy (non-hydrogen) atoms. The maximum Gasteiger partial charge on any atom is 0.394 e. The lowest BCUT2D eigenvalue weighted by Gasteiger charge is -1.97. The normalized spacial score (nSPS) is 10.9. The van der Waals surface area contributed by atoms with E-state index in [1.54, 1.807) is 0 Å². The lowest BCUT2D eigenvalue weighted by molar-refractivity contribution is 0.138. The third-order valence-corrected chi connectivity index (χ3v) is 2.17. The molecule has 0 unspecified atom stereocenters. The number of fused-ring (bicyclic) bond motifs is 1. The molecule has 0 fully saturated rings. The van der Waals surface area contributed by atoms with E-state index >= 15 is 0 Å². The van der Waals surface area contributed by atoms with Crippen LogP contribution in [0.3, 0.4) is 0 Å². The van der Waals surface area contributed by atoms with Gasteiger partial charge in [0.05, 0.1) is 5.02 Å². The third kappa shape index (κ3) is 0.942. The molecule has 0 bridgehead atoms. The fourth-order valence-corrected chi connectivity index (χ4v) is 1.33. The predicted molar refractivity (Wildman–Crippen MR) is 47.2 cm³/mol. The molecule has 0 saturated heterocycles. The van der Waals surface area contributed by atoms with Crippen molar-refractivity contribution in [3.63, 3.8) is 0 Å². The van der Waals surface area contributed by atoms with E-state index < -0.39 is 5.69 Å². The first-order valence-corrected chi connectivity index (χ1v) is 3.94. The molecule has 7 heteroatoms. The lowest BCUT2D eigenvalue weighted by atomic mass is 10.3. The Kier molecular flexibility index (Phi) is 1.62. The topological polar surface area (TPSA) is 87.6 Å². The van der Waals surface area contributed by atoms with Crippen molar-refractivity contribution in [3.8, 4) is 5.75 Å². The Labute approximate surface area is 81.7 Å². The van der Waals surface area contributed by atoms with Gasteiger partial charge in [-0.25, -0.2) is 4.79 Å². The Bertz CT molecular complexity index is 523. The number of aromatic nitrogens is 2. The molecule has 2 aromatic rings. The number of aromatic hydroxyl groups is 1. The number of imidazole rings is 1. The van der Waals surface area contributed by atoms with Gasteiger partial charge in [-0.1, -0.05) is 11.6 Å². The van der Waals surface area contributed by atoms with E-state index in [1.807, 2.05) is 0 Å². The SMILES string of the molecule is O=c1n(O)c2cc(O)c(Cl)cc2n1O. The van der Waals surface area contributed by atoms with Crippen LogP contribution < -0.4 is 5.69 Å². The van der Waals surface area contributed by atoms with E-state index in [-0.39, 0.29) is 31.3 Å². The zero-order valence-electron chi connectivity index (χ0n) is 6.68. The standard InChI is InChI=1S/C7H5ClN2O4/c8-3-1-4-5(2-6(3)11)10(14)7(12)9(4)13/h1-2,11,13-14H. The van der Waals surface area contributed by atoms with E-state index in [1.165, 1.54) is 6.07 Å². The zero-order chi connectivity index (χ0) is 10.5. The van der Waals surface area contributed by atoms with Crippen LogP contribution in [0.1, 0.15) is 0 Å². The van der Waals surface area contributed by atoms with Crippen molar-refractivity contribution in [1.82, 2.24) is 9.46 Å². The summed E-state index contributed by atoms with van der Waals surface area (Å²) in [6.07, 6.45) is 0. The number of phenols is 1. The first-order chi connectivity index (χ1) is 6.52. The maximum atomic E-state index is 11.0. The Morgan fingerprint density at radius 1 is 1.14 bits per heavy atom. The van der Waals surface area contributed by atoms with Gasteiger partial charge in [-0.3, -0.25) is 0 Å². The molecule has 0 aliphatic heterocycles. The van der Waals surface area contributed by atoms with Crippen LogP contribution >= 0.6 is 11.6 Å². The molecule has 1 heterocycles. The number of halogens is 1. The molecule has 74 valence electrons. The highest BCUT2D eigenvalue weighted by Crippen LogP contribution is 2.27. The van der Waals surface area contributed by atoms with Gasteiger partial charge in [0.25, 0.3) is 0 Å². The summed E-state index contributed by atoms with van der Waals surface area (Å²) in [5.41, 5.74) is -1.04. The highest BCUT2D eigenvalue weighted by molar-refractivity contribution is 6.32. The molecule has 0 amide bonds. The molecule has 2 rings (SSSR count). The van der Waals surface area contributed by atoms with Crippen LogP contribution in [0.5, 0.6) is 5.75 Å². The van der Waals surface area contributed by atoms with Gasteiger partial charge in [0.15, 0.2) is 0 Å². The summed E-state index contributed by atoms with van der Waals surface area (Å²) < 4.78 is 0.450. The molecule has 0 spiro atoms. The monoisotopic (exact) mass is 216 g/mol. The number of benzene rings is 1. The van der Waals surface area contributed by atoms with Crippen LogP contribution in [0.25, 0.3) is 11.0 Å². The summed E-state index contributed by atoms with van der Waals surface area (Å²) >= 11 is 5.55. The summed E-state index contributed by atoms with van der Waals surface area (Å²) in [6, 6.07) is 2.24. The van der Waals surface area contributed by atoms with E-state index in [9.17, 15) is 15.1 Å². The van der Waals surface area contributed by atoms with E-state index in [2.05, 4.69) is 0 Å². The number of rotatable bonds is 0. The minimum Gasteiger partial charge on any atom is -0.506 e. The Balaban J connectivity index is 3.04. The molecule has 0 atom stereocenters. The van der Waals surface area contributed by atoms with Gasteiger partial charge < -0.3 is 15.5 Å². The Morgan fingerprint density at radius 3 is 2.21 bits per heavy atom. The first kappa shape index (κ1) is 8.76. The second kappa shape index (κ2) is 2.58. The average molecular weight is 217 g/mol. The Hall–Kier alpha value is -1.82. The van der Waals surface area contributed by atoms with E-state index in [0.29, 0.717) is 0 Å². The largest absolute Gasteiger partial charge is 0.506 e. The average Bonchev–Trinajstić information content (AvgIpc) is 2.34. The number of hydrogen-bond donors (Lipinski definition) is 3. The summed E-state index contributed by atoms with van der Waals surface area (Å²) in [5, 5.41) is 27.5. The highest BCUT2D eigenvalue weighted by atomic mass is 35.5. The van der Waals surface area contributed by atoms with Crippen molar-refractivity contribution in [1.29, 1.82) is 0 Å². The van der Waals surface area contributed by atoms with Crippen molar-refractivity contribution in [3.05, 3.63) is 27.6 Å². The number of hydrogen-bond acceptors (Lipinski definition) is 4. The molecule has 0 aliphatic carbocycles. The van der Waals surface area contributed by atoms with Crippen LogP contribution in [0.4, 0.5) is 0 Å². The second-order valence-corrected chi connectivity index (χ2v) is 3.11. The predicted octanol–water partition coefficient (Wildman–Crippen LogP) is 0.637. The van der Waals surface area contributed by atoms with Gasteiger partial charge >= 0.3 is 5.69 Å². The summed E-state index contributed by atoms with van der Waals surface area (Å²) in [4.78, 5) is 11.0. The van der Waals surface area contributed by atoms with Gasteiger partial charge in [0.2, 0.25) is 0 Å². The molecule has 0 saturated carbocycles. The number of phenolic OH excluding ortho intramolecular Hbond substituents is 1. The van der Waals surface area contributed by atoms with Crippen LogP contribution in [0.15, 0.2) is 16.9 Å². The van der Waals surface area contributed by atoms with Gasteiger partial charge in [-0.05, 0) is 6.07 Å². The smallest absolute Gasteiger partial charge is 0.394 e. The fourth-order valence-electron chi connectivity index (χ4n) is 1.18. The molecule has 0 aliphatic rings. The van der Waals surface area contributed by atoms with Gasteiger partial charge in [-0.2, -0.15) is 0 Å². The van der Waals surface area contributed by atoms with Crippen molar-refractivity contribution >= 4 is 22.6 Å². The highest BCUT2D eigenvalue weighted by Gasteiger charge is 2.14. The summed E-state index contributed by atoms with van der Waals surface area (Å²) in [7, 11) is 0. The Morgan fingerprint density at radius 2 is 1.64 bits per heavy atom. The van der Waals surface area contributed by atoms with Gasteiger partial charge in [0, 0.05) is 6.07 Å². The lowest BCUT2D eigenvalue weighted by Crippen LogP contribution is -2.20. The van der Waals surface area contributed by atoms with Crippen molar-refractivity contribution in [2.75, 3.05) is 0 Å². The first-order valence-electron chi connectivity index (χ1n) is 3.57. The molecule has 3 N–H and O–H groups in total. The van der Waals surface area contributed by atoms with Crippen LogP contribution in [-0.2, 0) is 0 Å². The van der Waals surface area contributed by atoms with Crippen molar-refractivity contribution in [2.45, 2.75) is 0 Å². The molecule has 1 aromatic heterocycles. The molecule has 0 radical (unpaired) electrons. The second-order valence-electron chi connectivity index (χ2n) is 2.70.